The molecule has 1 aromatic carbocycles. The fourth-order valence-corrected chi connectivity index (χ4v) is 4.34. The molecular weight excluding hydrogens is 417 g/mol. The van der Waals surface area contributed by atoms with Crippen molar-refractivity contribution in [2.24, 2.45) is 5.10 Å². The van der Waals surface area contributed by atoms with Gasteiger partial charge in [-0.2, -0.15) is 5.10 Å². The molecular formula is C23H19ClFN5O. The smallest absolute Gasteiger partial charge is 0.139 e. The molecule has 0 spiro atoms. The number of fused-ring (bicyclic) bond motifs is 1. The highest BCUT2D eigenvalue weighted by molar-refractivity contribution is 6.39. The van der Waals surface area contributed by atoms with Crippen LogP contribution in [0.4, 0.5) is 4.39 Å². The van der Waals surface area contributed by atoms with Crippen molar-refractivity contribution in [3.8, 4) is 22.3 Å². The van der Waals surface area contributed by atoms with Gasteiger partial charge in [0.05, 0.1) is 11.1 Å². The van der Waals surface area contributed by atoms with Crippen LogP contribution < -0.4 is 0 Å². The summed E-state index contributed by atoms with van der Waals surface area (Å²) in [6.45, 7) is 0. The highest BCUT2D eigenvalue weighted by atomic mass is 35.5. The molecule has 2 atom stereocenters. The largest absolute Gasteiger partial charge is 0.386 e. The van der Waals surface area contributed by atoms with E-state index in [1.165, 1.54) is 6.07 Å². The Balaban J connectivity index is 1.59. The van der Waals surface area contributed by atoms with E-state index >= 15 is 0 Å². The standard InChI is InChI=1S/C23H19ClFN5O/c1-30-19(6-7-29-30)22(31)14-8-13(9-26-10-14)16-11-27-23-20(21(16)24)17(12-28-23)15-4-2-3-5-18(15)25/h2-5,7-12,19,22,31H,6H2,1H3,(H,27,28). The second-order valence-electron chi connectivity index (χ2n) is 7.52. The number of likely N-dealkylation sites (N-methyl/N-ethyl adjacent to an activating group) is 1. The molecule has 3 aromatic heterocycles. The quantitative estimate of drug-likeness (QED) is 0.482. The van der Waals surface area contributed by atoms with Gasteiger partial charge in [-0.3, -0.25) is 9.99 Å². The molecule has 156 valence electrons. The molecule has 1 aliphatic heterocycles. The molecule has 1 aliphatic rings. The topological polar surface area (TPSA) is 77.4 Å². The average molecular weight is 436 g/mol. The Labute approximate surface area is 183 Å². The average Bonchev–Trinajstić information content (AvgIpc) is 3.41. The monoisotopic (exact) mass is 435 g/mol. The van der Waals surface area contributed by atoms with Gasteiger partial charge in [0.25, 0.3) is 0 Å². The molecule has 0 saturated heterocycles. The van der Waals surface area contributed by atoms with Crippen LogP contribution in [0, 0.1) is 5.82 Å². The van der Waals surface area contributed by atoms with Gasteiger partial charge in [-0.1, -0.05) is 29.8 Å². The molecule has 4 heterocycles. The molecule has 8 heteroatoms. The molecule has 6 nitrogen and oxygen atoms in total. The molecule has 0 amide bonds. The number of aliphatic hydroxyl groups is 1. The first-order valence-corrected chi connectivity index (χ1v) is 10.2. The third kappa shape index (κ3) is 3.36. The van der Waals surface area contributed by atoms with Gasteiger partial charge >= 0.3 is 0 Å². The first-order chi connectivity index (χ1) is 15.0. The van der Waals surface area contributed by atoms with Crippen molar-refractivity contribution in [1.29, 1.82) is 0 Å². The SMILES string of the molecule is CN1N=CCC1C(O)c1cncc(-c2cnc3[nH]cc(-c4ccccc4F)c3c2Cl)c1. The summed E-state index contributed by atoms with van der Waals surface area (Å²) in [6.07, 6.45) is 8.37. The van der Waals surface area contributed by atoms with Crippen LogP contribution in [0.5, 0.6) is 0 Å². The van der Waals surface area contributed by atoms with Gasteiger partial charge in [0, 0.05) is 77.7 Å². The maximum atomic E-state index is 14.4. The predicted molar refractivity (Wildman–Crippen MR) is 119 cm³/mol. The van der Waals surface area contributed by atoms with E-state index in [1.807, 2.05) is 13.1 Å². The number of benzene rings is 1. The van der Waals surface area contributed by atoms with Crippen LogP contribution in [0.25, 0.3) is 33.3 Å². The van der Waals surface area contributed by atoms with E-state index in [9.17, 15) is 9.50 Å². The number of hydrogen-bond acceptors (Lipinski definition) is 5. The van der Waals surface area contributed by atoms with Gasteiger partial charge in [0.15, 0.2) is 0 Å². The Morgan fingerprint density at radius 2 is 2.03 bits per heavy atom. The van der Waals surface area contributed by atoms with E-state index in [4.69, 9.17) is 11.6 Å². The number of halogens is 2. The summed E-state index contributed by atoms with van der Waals surface area (Å²) in [6, 6.07) is 8.26. The van der Waals surface area contributed by atoms with Gasteiger partial charge in [-0.25, -0.2) is 9.37 Å². The van der Waals surface area contributed by atoms with Crippen molar-refractivity contribution in [3.63, 3.8) is 0 Å². The van der Waals surface area contributed by atoms with E-state index in [2.05, 4.69) is 20.1 Å². The first-order valence-electron chi connectivity index (χ1n) is 9.83. The third-order valence-electron chi connectivity index (χ3n) is 5.67. The summed E-state index contributed by atoms with van der Waals surface area (Å²) in [4.78, 5) is 11.9. The molecule has 0 saturated carbocycles. The number of hydrazone groups is 1. The zero-order chi connectivity index (χ0) is 21.5. The van der Waals surface area contributed by atoms with Crippen LogP contribution in [0.2, 0.25) is 5.02 Å². The molecule has 31 heavy (non-hydrogen) atoms. The van der Waals surface area contributed by atoms with Crippen LogP contribution in [0.3, 0.4) is 0 Å². The van der Waals surface area contributed by atoms with Crippen LogP contribution >= 0.6 is 11.6 Å². The Hall–Kier alpha value is -3.29. The molecule has 0 bridgehead atoms. The molecule has 5 rings (SSSR count). The number of nitrogens with one attached hydrogen (secondary N) is 1. The third-order valence-corrected chi connectivity index (χ3v) is 6.06. The summed E-state index contributed by atoms with van der Waals surface area (Å²) >= 11 is 6.81. The molecule has 0 aliphatic carbocycles. The maximum Gasteiger partial charge on any atom is 0.139 e. The van der Waals surface area contributed by atoms with Gasteiger partial charge in [-0.05, 0) is 12.1 Å². The van der Waals surface area contributed by atoms with Crippen LogP contribution in [0.15, 0.2) is 60.2 Å². The summed E-state index contributed by atoms with van der Waals surface area (Å²) < 4.78 is 14.4. The highest BCUT2D eigenvalue weighted by Gasteiger charge is 2.27. The number of aromatic amines is 1. The second-order valence-corrected chi connectivity index (χ2v) is 7.90. The summed E-state index contributed by atoms with van der Waals surface area (Å²) in [5, 5.41) is 17.9. The lowest BCUT2D eigenvalue weighted by Gasteiger charge is -2.24. The minimum Gasteiger partial charge on any atom is -0.386 e. The van der Waals surface area contributed by atoms with Crippen molar-refractivity contribution in [1.82, 2.24) is 20.0 Å². The van der Waals surface area contributed by atoms with Crippen molar-refractivity contribution in [3.05, 3.63) is 71.5 Å². The van der Waals surface area contributed by atoms with E-state index in [0.29, 0.717) is 44.7 Å². The lowest BCUT2D eigenvalue weighted by atomic mass is 9.98. The molecule has 2 unspecified atom stereocenters. The van der Waals surface area contributed by atoms with Gasteiger partial charge in [0.1, 0.15) is 17.6 Å². The number of rotatable bonds is 4. The summed E-state index contributed by atoms with van der Waals surface area (Å²) in [5.74, 6) is -0.334. The summed E-state index contributed by atoms with van der Waals surface area (Å²) in [5.41, 5.74) is 3.70. The normalized spacial score (nSPS) is 16.9. The fraction of sp³-hybridized carbons (Fsp3) is 0.174. The fourth-order valence-electron chi connectivity index (χ4n) is 3.99. The maximum absolute atomic E-state index is 14.4. The van der Waals surface area contributed by atoms with Crippen molar-refractivity contribution in [2.75, 3.05) is 7.05 Å². The lowest BCUT2D eigenvalue weighted by molar-refractivity contribution is 0.0775. The van der Waals surface area contributed by atoms with Crippen molar-refractivity contribution in [2.45, 2.75) is 18.6 Å². The Morgan fingerprint density at radius 1 is 1.19 bits per heavy atom. The summed E-state index contributed by atoms with van der Waals surface area (Å²) in [7, 11) is 1.83. The first kappa shape index (κ1) is 19.7. The van der Waals surface area contributed by atoms with Gasteiger partial charge in [0.2, 0.25) is 0 Å². The zero-order valence-electron chi connectivity index (χ0n) is 16.6. The Bertz CT molecular complexity index is 1300. The second kappa shape index (κ2) is 7.76. The Kier molecular flexibility index (Phi) is 4.92. The minimum atomic E-state index is -0.753. The van der Waals surface area contributed by atoms with Gasteiger partial charge in [-0.15, -0.1) is 0 Å². The number of aromatic nitrogens is 3. The number of H-pyrrole nitrogens is 1. The Morgan fingerprint density at radius 3 is 2.81 bits per heavy atom. The highest BCUT2D eigenvalue weighted by Crippen LogP contribution is 2.39. The van der Waals surface area contributed by atoms with Crippen LogP contribution in [-0.2, 0) is 0 Å². The number of pyridine rings is 2. The number of nitrogens with zero attached hydrogens (tertiary/aromatic N) is 4. The molecule has 0 radical (unpaired) electrons. The van der Waals surface area contributed by atoms with Crippen LogP contribution in [0.1, 0.15) is 18.1 Å². The van der Waals surface area contributed by atoms with E-state index in [-0.39, 0.29) is 11.9 Å². The van der Waals surface area contributed by atoms with Crippen LogP contribution in [-0.4, -0.2) is 44.4 Å². The minimum absolute atomic E-state index is 0.148. The van der Waals surface area contributed by atoms with Crippen molar-refractivity contribution >= 4 is 28.8 Å². The number of hydrogen-bond donors (Lipinski definition) is 2. The molecule has 4 aromatic rings. The number of aliphatic hydroxyl groups excluding tert-OH is 1. The van der Waals surface area contributed by atoms with E-state index in [0.717, 1.165) is 5.56 Å². The van der Waals surface area contributed by atoms with Gasteiger partial charge < -0.3 is 10.1 Å². The van der Waals surface area contributed by atoms with E-state index in [1.54, 1.807) is 54.2 Å². The van der Waals surface area contributed by atoms with E-state index < -0.39 is 6.10 Å². The van der Waals surface area contributed by atoms with Crippen molar-refractivity contribution < 1.29 is 9.50 Å². The molecule has 0 fully saturated rings. The predicted octanol–water partition coefficient (Wildman–Crippen LogP) is 4.81. The molecule has 2 N–H and O–H groups in total. The lowest BCUT2D eigenvalue weighted by Crippen LogP contribution is -2.29. The zero-order valence-corrected chi connectivity index (χ0v) is 17.4.